The monoisotopic (exact) mass is 221 g/mol. The number of hydrogen-bond acceptors (Lipinski definition) is 5. The van der Waals surface area contributed by atoms with Crippen LogP contribution in [0.5, 0.6) is 0 Å². The molecule has 12 heavy (non-hydrogen) atoms. The number of hydrogen-bond donors (Lipinski definition) is 0. The van der Waals surface area contributed by atoms with Crippen molar-refractivity contribution in [2.75, 3.05) is 0 Å². The predicted octanol–water partition coefficient (Wildman–Crippen LogP) is 2.50. The van der Waals surface area contributed by atoms with Gasteiger partial charge in [-0.1, -0.05) is 23.2 Å². The highest BCUT2D eigenvalue weighted by atomic mass is 35.5. The Labute approximate surface area is 81.2 Å². The molecule has 0 aliphatic heterocycles. The average molecular weight is 222 g/mol. The Morgan fingerprint density at radius 2 is 2.25 bits per heavy atom. The lowest BCUT2D eigenvalue weighted by molar-refractivity contribution is 0.393. The van der Waals surface area contributed by atoms with Crippen LogP contribution in [-0.4, -0.2) is 14.7 Å². The Morgan fingerprint density at radius 3 is 2.75 bits per heavy atom. The van der Waals surface area contributed by atoms with Crippen LogP contribution in [0.2, 0.25) is 10.2 Å². The zero-order valence-electron chi connectivity index (χ0n) is 5.49. The van der Waals surface area contributed by atoms with Gasteiger partial charge >= 0.3 is 0 Å². The Bertz CT molecular complexity index is 385. The van der Waals surface area contributed by atoms with Gasteiger partial charge in [0.1, 0.15) is 10.7 Å². The van der Waals surface area contributed by atoms with Crippen molar-refractivity contribution in [3.63, 3.8) is 0 Å². The summed E-state index contributed by atoms with van der Waals surface area (Å²) in [6.45, 7) is 0. The third-order valence-electron chi connectivity index (χ3n) is 1.19. The number of aromatic nitrogens is 3. The number of halogens is 2. The summed E-state index contributed by atoms with van der Waals surface area (Å²) in [6, 6.07) is 0. The molecular formula is C5HCl2N3OS. The van der Waals surface area contributed by atoms with E-state index in [4.69, 9.17) is 23.2 Å². The molecule has 0 radical (unpaired) electrons. The van der Waals surface area contributed by atoms with Crippen molar-refractivity contribution in [2.45, 2.75) is 0 Å². The molecule has 2 rings (SSSR count). The smallest absolute Gasteiger partial charge is 0.162 e. The third-order valence-corrected chi connectivity index (χ3v) is 3.01. The topological polar surface area (TPSA) is 51.8 Å². The number of nitrogens with zero attached hydrogens (tertiary/aromatic N) is 3. The van der Waals surface area contributed by atoms with Crippen LogP contribution in [0.4, 0.5) is 0 Å². The molecular weight excluding hydrogens is 221 g/mol. The second-order valence-electron chi connectivity index (χ2n) is 1.91. The summed E-state index contributed by atoms with van der Waals surface area (Å²) >= 11 is 12.6. The maximum Gasteiger partial charge on any atom is 0.162 e. The van der Waals surface area contributed by atoms with Crippen LogP contribution in [-0.2, 0) is 0 Å². The van der Waals surface area contributed by atoms with Crippen LogP contribution >= 0.6 is 34.7 Å². The first-order valence-electron chi connectivity index (χ1n) is 2.87. The summed E-state index contributed by atoms with van der Waals surface area (Å²) in [5.74, 6) is 0. The Kier molecular flexibility index (Phi) is 2.00. The molecule has 2 aromatic rings. The van der Waals surface area contributed by atoms with E-state index in [1.54, 1.807) is 0 Å². The standard InChI is InChI=1S/C5HCl2N3OS/c6-3-4(12-9-5(3)7)2-1-11-10-8-2/h1H. The molecule has 2 aromatic heterocycles. The first-order valence-corrected chi connectivity index (χ1v) is 4.40. The number of rotatable bonds is 1. The van der Waals surface area contributed by atoms with Crippen LogP contribution in [0.3, 0.4) is 0 Å². The minimum absolute atomic E-state index is 0.277. The molecule has 4 nitrogen and oxygen atoms in total. The molecule has 0 amide bonds. The van der Waals surface area contributed by atoms with Gasteiger partial charge in [0.05, 0.1) is 4.88 Å². The second-order valence-corrected chi connectivity index (χ2v) is 3.42. The maximum absolute atomic E-state index is 5.81. The van der Waals surface area contributed by atoms with Crippen LogP contribution in [0.15, 0.2) is 10.8 Å². The van der Waals surface area contributed by atoms with E-state index in [9.17, 15) is 0 Å². The van der Waals surface area contributed by atoms with Gasteiger partial charge in [0.25, 0.3) is 0 Å². The molecule has 0 spiro atoms. The van der Waals surface area contributed by atoms with Gasteiger partial charge in [-0.2, -0.15) is 4.37 Å². The zero-order chi connectivity index (χ0) is 8.55. The highest BCUT2D eigenvalue weighted by Crippen LogP contribution is 2.35. The van der Waals surface area contributed by atoms with Gasteiger partial charge in [0, 0.05) is 5.27 Å². The van der Waals surface area contributed by atoms with Gasteiger partial charge in [0.2, 0.25) is 0 Å². The molecule has 0 aliphatic rings. The van der Waals surface area contributed by atoms with E-state index in [-0.39, 0.29) is 5.15 Å². The van der Waals surface area contributed by atoms with Crippen molar-refractivity contribution >= 4 is 34.7 Å². The van der Waals surface area contributed by atoms with Crippen LogP contribution in [0, 0.1) is 0 Å². The van der Waals surface area contributed by atoms with E-state index in [1.165, 1.54) is 6.26 Å². The van der Waals surface area contributed by atoms with Crippen molar-refractivity contribution in [1.82, 2.24) is 14.7 Å². The van der Waals surface area contributed by atoms with Crippen molar-refractivity contribution < 1.29 is 4.52 Å². The first-order chi connectivity index (χ1) is 5.79. The van der Waals surface area contributed by atoms with Gasteiger partial charge < -0.3 is 4.52 Å². The molecule has 7 heteroatoms. The molecule has 0 atom stereocenters. The van der Waals surface area contributed by atoms with E-state index in [2.05, 4.69) is 19.3 Å². The Morgan fingerprint density at radius 1 is 1.42 bits per heavy atom. The molecule has 0 saturated heterocycles. The lowest BCUT2D eigenvalue weighted by atomic mass is 10.4. The van der Waals surface area contributed by atoms with Gasteiger partial charge in [-0.15, -0.1) is 5.10 Å². The quantitative estimate of drug-likeness (QED) is 0.743. The predicted molar refractivity (Wildman–Crippen MR) is 45.4 cm³/mol. The summed E-state index contributed by atoms with van der Waals surface area (Å²) < 4.78 is 8.39. The SMILES string of the molecule is Clc1nsc(-c2conn2)c1Cl. The molecule has 0 aromatic carbocycles. The highest BCUT2D eigenvalue weighted by Gasteiger charge is 2.14. The summed E-state index contributed by atoms with van der Waals surface area (Å²) in [4.78, 5) is 0.669. The van der Waals surface area contributed by atoms with Gasteiger partial charge in [-0.25, -0.2) is 0 Å². The molecule has 0 saturated carbocycles. The van der Waals surface area contributed by atoms with E-state index in [1.807, 2.05) is 0 Å². The molecule has 2 heterocycles. The molecule has 0 aliphatic carbocycles. The van der Waals surface area contributed by atoms with E-state index in [0.29, 0.717) is 15.6 Å². The summed E-state index contributed by atoms with van der Waals surface area (Å²) in [5, 5.41) is 7.64. The van der Waals surface area contributed by atoms with Crippen molar-refractivity contribution in [2.24, 2.45) is 0 Å². The largest absolute Gasteiger partial charge is 0.345 e. The van der Waals surface area contributed by atoms with E-state index < -0.39 is 0 Å². The van der Waals surface area contributed by atoms with Crippen molar-refractivity contribution in [3.05, 3.63) is 16.4 Å². The Balaban J connectivity index is 2.55. The van der Waals surface area contributed by atoms with Crippen LogP contribution in [0.1, 0.15) is 0 Å². The summed E-state index contributed by atoms with van der Waals surface area (Å²) in [6.07, 6.45) is 1.38. The van der Waals surface area contributed by atoms with Crippen molar-refractivity contribution in [3.8, 4) is 10.6 Å². The summed E-state index contributed by atoms with van der Waals surface area (Å²) in [5.41, 5.74) is 0.546. The molecule has 0 fully saturated rings. The highest BCUT2D eigenvalue weighted by molar-refractivity contribution is 7.10. The fourth-order valence-electron chi connectivity index (χ4n) is 0.682. The lowest BCUT2D eigenvalue weighted by Crippen LogP contribution is -1.72. The molecule has 0 unspecified atom stereocenters. The second kappa shape index (κ2) is 3.01. The summed E-state index contributed by atoms with van der Waals surface area (Å²) in [7, 11) is 0. The van der Waals surface area contributed by atoms with Gasteiger partial charge in [-0.3, -0.25) is 0 Å². The van der Waals surface area contributed by atoms with E-state index in [0.717, 1.165) is 11.5 Å². The third kappa shape index (κ3) is 1.20. The van der Waals surface area contributed by atoms with E-state index >= 15 is 0 Å². The van der Waals surface area contributed by atoms with Gasteiger partial charge in [-0.05, 0) is 11.5 Å². The average Bonchev–Trinajstić information content (AvgIpc) is 2.64. The molecule has 0 N–H and O–H groups in total. The zero-order valence-corrected chi connectivity index (χ0v) is 7.82. The van der Waals surface area contributed by atoms with Gasteiger partial charge in [0.15, 0.2) is 11.4 Å². The van der Waals surface area contributed by atoms with Crippen molar-refractivity contribution in [1.29, 1.82) is 0 Å². The van der Waals surface area contributed by atoms with Crippen LogP contribution < -0.4 is 0 Å². The lowest BCUT2D eigenvalue weighted by Gasteiger charge is -1.85. The maximum atomic E-state index is 5.81. The minimum atomic E-state index is 0.277. The fraction of sp³-hybridized carbons (Fsp3) is 0. The molecule has 62 valence electrons. The Hall–Kier alpha value is -0.650. The molecule has 0 bridgehead atoms. The fourth-order valence-corrected chi connectivity index (χ4v) is 1.85. The van der Waals surface area contributed by atoms with Crippen LogP contribution in [0.25, 0.3) is 10.6 Å². The normalized spacial score (nSPS) is 10.5. The minimum Gasteiger partial charge on any atom is -0.345 e. The first kappa shape index (κ1) is 7.97.